The van der Waals surface area contributed by atoms with Crippen molar-refractivity contribution in [2.45, 2.75) is 58.3 Å². The fourth-order valence-corrected chi connectivity index (χ4v) is 4.77. The van der Waals surface area contributed by atoms with Crippen LogP contribution in [0.3, 0.4) is 0 Å². The number of hydrogen-bond acceptors (Lipinski definition) is 6. The van der Waals surface area contributed by atoms with Crippen LogP contribution < -0.4 is 11.5 Å². The molecule has 1 aliphatic rings. The summed E-state index contributed by atoms with van der Waals surface area (Å²) in [5, 5.41) is 0.541. The van der Waals surface area contributed by atoms with E-state index in [9.17, 15) is 4.79 Å². The van der Waals surface area contributed by atoms with Crippen molar-refractivity contribution in [3.05, 3.63) is 51.9 Å². The number of nitrogen functional groups attached to an aromatic ring is 1. The lowest BCUT2D eigenvalue weighted by Gasteiger charge is -2.39. The van der Waals surface area contributed by atoms with E-state index in [-0.39, 0.29) is 18.1 Å². The number of nitrogens with two attached hydrogens (primary N) is 2. The number of esters is 1. The minimum absolute atomic E-state index is 0.155. The number of anilines is 1. The number of carbonyl (C=O) groups is 1. The first-order chi connectivity index (χ1) is 12.7. The molecule has 1 aromatic carbocycles. The van der Waals surface area contributed by atoms with Gasteiger partial charge in [0.25, 0.3) is 0 Å². The highest BCUT2D eigenvalue weighted by atomic mass is 32.1. The zero-order valence-corrected chi connectivity index (χ0v) is 17.3. The van der Waals surface area contributed by atoms with Crippen LogP contribution >= 0.6 is 11.3 Å². The Hall–Kier alpha value is -1.89. The van der Waals surface area contributed by atoms with Crippen molar-refractivity contribution in [1.82, 2.24) is 4.90 Å². The van der Waals surface area contributed by atoms with Gasteiger partial charge >= 0.3 is 5.97 Å². The lowest BCUT2D eigenvalue weighted by atomic mass is 9.93. The van der Waals surface area contributed by atoms with Crippen molar-refractivity contribution in [1.29, 1.82) is 0 Å². The summed E-state index contributed by atoms with van der Waals surface area (Å²) in [6.07, 6.45) is 0.714. The molecule has 0 unspecified atom stereocenters. The molecule has 0 bridgehead atoms. The molecule has 0 amide bonds. The third kappa shape index (κ3) is 4.18. The first-order valence-corrected chi connectivity index (χ1v) is 10.2. The molecule has 2 heterocycles. The molecule has 3 rings (SSSR count). The second-order valence-corrected chi connectivity index (χ2v) is 9.23. The maximum Gasteiger partial charge on any atom is 0.341 e. The normalized spacial score (nSPS) is 18.8. The van der Waals surface area contributed by atoms with E-state index in [1.54, 1.807) is 0 Å². The van der Waals surface area contributed by atoms with Crippen LogP contribution in [0.25, 0.3) is 0 Å². The van der Waals surface area contributed by atoms with Crippen LogP contribution in [0.2, 0.25) is 0 Å². The molecular weight excluding hydrogens is 358 g/mol. The van der Waals surface area contributed by atoms with Crippen LogP contribution in [0, 0.1) is 0 Å². The zero-order valence-electron chi connectivity index (χ0n) is 16.5. The quantitative estimate of drug-likeness (QED) is 0.781. The fraction of sp³-hybridized carbons (Fsp3) is 0.476. The second-order valence-electron chi connectivity index (χ2n) is 8.10. The summed E-state index contributed by atoms with van der Waals surface area (Å²) in [5.74, 6) is -0.335. The van der Waals surface area contributed by atoms with Crippen LogP contribution in [-0.4, -0.2) is 29.1 Å². The molecule has 1 aromatic heterocycles. The van der Waals surface area contributed by atoms with Crippen molar-refractivity contribution >= 4 is 22.3 Å². The Labute approximate surface area is 165 Å². The molecule has 5 nitrogen and oxygen atoms in total. The Bertz CT molecular complexity index is 811. The van der Waals surface area contributed by atoms with Gasteiger partial charge < -0.3 is 16.2 Å². The Kier molecular flexibility index (Phi) is 5.60. The second kappa shape index (κ2) is 7.62. The SMILES string of the molecule is C[C@@H](c1ccccc1)N1Cc2sc(N)c(C(=O)OC(C)(C)C)c2C[C@H]1CN. The molecule has 0 fully saturated rings. The van der Waals surface area contributed by atoms with Crippen molar-refractivity contribution in [2.24, 2.45) is 5.73 Å². The molecule has 27 heavy (non-hydrogen) atoms. The largest absolute Gasteiger partial charge is 0.456 e. The lowest BCUT2D eigenvalue weighted by molar-refractivity contribution is 0.00687. The predicted octanol–water partition coefficient (Wildman–Crippen LogP) is 3.73. The van der Waals surface area contributed by atoms with Gasteiger partial charge in [-0.05, 0) is 45.2 Å². The molecule has 2 atom stereocenters. The smallest absolute Gasteiger partial charge is 0.341 e. The van der Waals surface area contributed by atoms with Crippen molar-refractivity contribution in [3.63, 3.8) is 0 Å². The van der Waals surface area contributed by atoms with Crippen molar-refractivity contribution < 1.29 is 9.53 Å². The lowest BCUT2D eigenvalue weighted by Crippen LogP contribution is -2.46. The first-order valence-electron chi connectivity index (χ1n) is 9.35. The summed E-state index contributed by atoms with van der Waals surface area (Å²) in [4.78, 5) is 16.3. The van der Waals surface area contributed by atoms with Gasteiger partial charge in [0.05, 0.1) is 5.56 Å². The third-order valence-corrected chi connectivity index (χ3v) is 6.05. The zero-order chi connectivity index (χ0) is 19.8. The Morgan fingerprint density at radius 1 is 1.33 bits per heavy atom. The molecule has 4 N–H and O–H groups in total. The summed E-state index contributed by atoms with van der Waals surface area (Å²) < 4.78 is 5.58. The fourth-order valence-electron chi connectivity index (χ4n) is 3.67. The van der Waals surface area contributed by atoms with Gasteiger partial charge in [-0.1, -0.05) is 30.3 Å². The van der Waals surface area contributed by atoms with Crippen molar-refractivity contribution in [3.8, 4) is 0 Å². The highest BCUT2D eigenvalue weighted by Crippen LogP contribution is 2.40. The van der Waals surface area contributed by atoms with Crippen LogP contribution in [-0.2, 0) is 17.7 Å². The van der Waals surface area contributed by atoms with Gasteiger partial charge in [0.1, 0.15) is 10.6 Å². The Balaban J connectivity index is 1.91. The van der Waals surface area contributed by atoms with Gasteiger partial charge in [0.2, 0.25) is 0 Å². The van der Waals surface area contributed by atoms with Gasteiger partial charge in [0, 0.05) is 30.1 Å². The molecule has 1 aliphatic heterocycles. The van der Waals surface area contributed by atoms with Crippen LogP contribution in [0.15, 0.2) is 30.3 Å². The first kappa shape index (κ1) is 19.9. The number of carbonyl (C=O) groups excluding carboxylic acids is 1. The topological polar surface area (TPSA) is 81.6 Å². The number of hydrogen-bond donors (Lipinski definition) is 2. The minimum Gasteiger partial charge on any atom is -0.456 e. The van der Waals surface area contributed by atoms with Crippen molar-refractivity contribution in [2.75, 3.05) is 12.3 Å². The third-order valence-electron chi connectivity index (χ3n) is 5.01. The van der Waals surface area contributed by atoms with E-state index >= 15 is 0 Å². The van der Waals surface area contributed by atoms with Gasteiger partial charge in [-0.2, -0.15) is 0 Å². The highest BCUT2D eigenvalue weighted by molar-refractivity contribution is 7.16. The number of nitrogens with zero attached hydrogens (tertiary/aromatic N) is 1. The van der Waals surface area contributed by atoms with Gasteiger partial charge in [-0.3, -0.25) is 4.90 Å². The molecular formula is C21H29N3O2S. The average Bonchev–Trinajstić information content (AvgIpc) is 2.94. The van der Waals surface area contributed by atoms with E-state index in [2.05, 4.69) is 36.1 Å². The maximum absolute atomic E-state index is 12.7. The number of rotatable bonds is 4. The maximum atomic E-state index is 12.7. The molecule has 6 heteroatoms. The van der Waals surface area contributed by atoms with Crippen LogP contribution in [0.1, 0.15) is 60.1 Å². The van der Waals surface area contributed by atoms with E-state index in [0.717, 1.165) is 17.0 Å². The van der Waals surface area contributed by atoms with Gasteiger partial charge in [0.15, 0.2) is 0 Å². The van der Waals surface area contributed by atoms with E-state index in [1.807, 2.05) is 26.8 Å². The monoisotopic (exact) mass is 387 g/mol. The Morgan fingerprint density at radius 2 is 2.00 bits per heavy atom. The molecule has 0 saturated carbocycles. The van der Waals surface area contributed by atoms with E-state index in [4.69, 9.17) is 16.2 Å². The molecule has 0 spiro atoms. The number of benzene rings is 1. The summed E-state index contributed by atoms with van der Waals surface area (Å²) in [6.45, 7) is 9.07. The Morgan fingerprint density at radius 3 is 2.59 bits per heavy atom. The molecule has 0 aliphatic carbocycles. The molecule has 0 saturated heterocycles. The number of ether oxygens (including phenoxy) is 1. The van der Waals surface area contributed by atoms with E-state index < -0.39 is 5.60 Å². The van der Waals surface area contributed by atoms with Gasteiger partial charge in [-0.25, -0.2) is 4.79 Å². The van der Waals surface area contributed by atoms with Crippen LogP contribution in [0.4, 0.5) is 5.00 Å². The molecule has 146 valence electrons. The van der Waals surface area contributed by atoms with E-state index in [0.29, 0.717) is 23.5 Å². The standard InChI is InChI=1S/C21H29N3O2S/c1-13(14-8-6-5-7-9-14)24-12-17-16(10-15(24)11-22)18(19(23)27-17)20(25)26-21(2,3)4/h5-9,13,15H,10-12,22-23H2,1-4H3/t13-,15-/m0/s1. The number of fused-ring (bicyclic) bond motifs is 1. The highest BCUT2D eigenvalue weighted by Gasteiger charge is 2.35. The minimum atomic E-state index is -0.547. The summed E-state index contributed by atoms with van der Waals surface area (Å²) >= 11 is 1.49. The summed E-state index contributed by atoms with van der Waals surface area (Å²) in [6, 6.07) is 10.8. The van der Waals surface area contributed by atoms with Crippen LogP contribution in [0.5, 0.6) is 0 Å². The average molecular weight is 388 g/mol. The van der Waals surface area contributed by atoms with Gasteiger partial charge in [-0.15, -0.1) is 11.3 Å². The predicted molar refractivity (Wildman–Crippen MR) is 111 cm³/mol. The van der Waals surface area contributed by atoms with E-state index in [1.165, 1.54) is 16.9 Å². The molecule has 2 aromatic rings. The summed E-state index contributed by atoms with van der Waals surface area (Å²) in [7, 11) is 0. The number of thiophene rings is 1. The molecule has 0 radical (unpaired) electrons. The summed E-state index contributed by atoms with van der Waals surface area (Å²) in [5.41, 5.74) is 14.6.